The molecule has 26 heavy (non-hydrogen) atoms. The van der Waals surface area contributed by atoms with Crippen molar-refractivity contribution in [1.29, 1.82) is 0 Å². The Morgan fingerprint density at radius 1 is 0.615 bits per heavy atom. The van der Waals surface area contributed by atoms with Crippen molar-refractivity contribution in [3.63, 3.8) is 0 Å². The lowest BCUT2D eigenvalue weighted by Gasteiger charge is -2.33. The van der Waals surface area contributed by atoms with E-state index in [1.807, 2.05) is 0 Å². The van der Waals surface area contributed by atoms with E-state index in [0.29, 0.717) is 6.04 Å². The molecule has 0 fully saturated rings. The molecule has 2 rings (SSSR count). The second-order valence-electron chi connectivity index (χ2n) is 8.33. The lowest BCUT2D eigenvalue weighted by Crippen LogP contribution is -2.32. The van der Waals surface area contributed by atoms with Gasteiger partial charge in [-0.3, -0.25) is 4.90 Å². The molecule has 0 amide bonds. The summed E-state index contributed by atoms with van der Waals surface area (Å²) in [5, 5.41) is 0. The molecule has 0 saturated heterocycles. The summed E-state index contributed by atoms with van der Waals surface area (Å²) < 4.78 is 0. The van der Waals surface area contributed by atoms with E-state index in [0.717, 1.165) is 11.8 Å². The van der Waals surface area contributed by atoms with Crippen LogP contribution in [0.5, 0.6) is 0 Å². The third kappa shape index (κ3) is 6.96. The Labute approximate surface area is 161 Å². The Bertz CT molecular complexity index is 535. The average molecular weight is 352 g/mol. The molecular formula is C25H37N. The first kappa shape index (κ1) is 20.7. The molecular weight excluding hydrogens is 314 g/mol. The maximum Gasteiger partial charge on any atom is 0.0601 e. The minimum absolute atomic E-state index is 0.358. The van der Waals surface area contributed by atoms with Gasteiger partial charge in [-0.2, -0.15) is 0 Å². The van der Waals surface area contributed by atoms with Crippen LogP contribution < -0.4 is 0 Å². The van der Waals surface area contributed by atoms with Crippen LogP contribution >= 0.6 is 0 Å². The van der Waals surface area contributed by atoms with E-state index in [2.05, 4.69) is 93.3 Å². The smallest absolute Gasteiger partial charge is 0.0601 e. The summed E-state index contributed by atoms with van der Waals surface area (Å²) in [6.07, 6.45) is 5.15. The number of nitrogens with zero attached hydrogens (tertiary/aromatic N) is 1. The Morgan fingerprint density at radius 2 is 1.00 bits per heavy atom. The number of rotatable bonds is 11. The Balaban J connectivity index is 2.23. The fraction of sp³-hybridized carbons (Fsp3) is 0.520. The van der Waals surface area contributed by atoms with Crippen molar-refractivity contribution in [2.24, 2.45) is 11.8 Å². The van der Waals surface area contributed by atoms with Gasteiger partial charge in [-0.05, 0) is 61.7 Å². The molecule has 0 aliphatic carbocycles. The van der Waals surface area contributed by atoms with Crippen molar-refractivity contribution >= 4 is 0 Å². The third-order valence-electron chi connectivity index (χ3n) is 5.05. The first-order valence-electron chi connectivity index (χ1n) is 10.4. The normalized spacial score (nSPS) is 11.8. The number of benzene rings is 2. The van der Waals surface area contributed by atoms with E-state index in [1.54, 1.807) is 0 Å². The molecule has 0 radical (unpaired) electrons. The standard InChI is InChI=1S/C25H37N/c1-21(2)13-11-19-26(20-12-14-22(3)4)25(23-15-7-5-8-16-23)24-17-9-6-10-18-24/h5-10,15-18,21-22,25H,11-14,19-20H2,1-4H3. The van der Waals surface area contributed by atoms with Gasteiger partial charge in [0.15, 0.2) is 0 Å². The van der Waals surface area contributed by atoms with Crippen LogP contribution in [0.1, 0.15) is 70.5 Å². The SMILES string of the molecule is CC(C)CCCN(CCCC(C)C)C(c1ccccc1)c1ccccc1. The molecule has 0 bridgehead atoms. The van der Waals surface area contributed by atoms with E-state index >= 15 is 0 Å². The molecule has 0 unspecified atom stereocenters. The summed E-state index contributed by atoms with van der Waals surface area (Å²) in [6, 6.07) is 22.4. The molecule has 0 N–H and O–H groups in total. The van der Waals surface area contributed by atoms with Gasteiger partial charge in [0.25, 0.3) is 0 Å². The lowest BCUT2D eigenvalue weighted by atomic mass is 9.95. The van der Waals surface area contributed by atoms with Gasteiger partial charge in [0.1, 0.15) is 0 Å². The second-order valence-corrected chi connectivity index (χ2v) is 8.33. The molecule has 0 saturated carbocycles. The lowest BCUT2D eigenvalue weighted by molar-refractivity contribution is 0.210. The molecule has 2 aromatic carbocycles. The van der Waals surface area contributed by atoms with Gasteiger partial charge in [0, 0.05) is 0 Å². The molecule has 0 aliphatic heterocycles. The Morgan fingerprint density at radius 3 is 1.35 bits per heavy atom. The minimum atomic E-state index is 0.358. The maximum atomic E-state index is 2.72. The summed E-state index contributed by atoms with van der Waals surface area (Å²) in [5.74, 6) is 1.55. The average Bonchev–Trinajstić information content (AvgIpc) is 2.63. The summed E-state index contributed by atoms with van der Waals surface area (Å²) in [6.45, 7) is 11.7. The maximum absolute atomic E-state index is 2.72. The number of hydrogen-bond donors (Lipinski definition) is 0. The highest BCUT2D eigenvalue weighted by Gasteiger charge is 2.21. The van der Waals surface area contributed by atoms with Crippen LogP contribution in [0.25, 0.3) is 0 Å². The van der Waals surface area contributed by atoms with Crippen molar-refractivity contribution in [1.82, 2.24) is 4.90 Å². The van der Waals surface area contributed by atoms with E-state index in [-0.39, 0.29) is 0 Å². The van der Waals surface area contributed by atoms with Crippen LogP contribution in [0.3, 0.4) is 0 Å². The largest absolute Gasteiger partial charge is 0.292 e. The Hall–Kier alpha value is -1.60. The zero-order chi connectivity index (χ0) is 18.8. The molecule has 0 heterocycles. The van der Waals surface area contributed by atoms with Gasteiger partial charge < -0.3 is 0 Å². The van der Waals surface area contributed by atoms with Gasteiger partial charge in [0.2, 0.25) is 0 Å². The molecule has 0 atom stereocenters. The molecule has 0 aliphatic rings. The van der Waals surface area contributed by atoms with Gasteiger partial charge in [-0.25, -0.2) is 0 Å². The van der Waals surface area contributed by atoms with Crippen LogP contribution in [-0.2, 0) is 0 Å². The van der Waals surface area contributed by atoms with Crippen molar-refractivity contribution in [3.8, 4) is 0 Å². The van der Waals surface area contributed by atoms with Crippen LogP contribution in [0.2, 0.25) is 0 Å². The van der Waals surface area contributed by atoms with E-state index < -0.39 is 0 Å². The highest BCUT2D eigenvalue weighted by Crippen LogP contribution is 2.29. The fourth-order valence-electron chi connectivity index (χ4n) is 3.66. The molecule has 1 heteroatoms. The highest BCUT2D eigenvalue weighted by molar-refractivity contribution is 5.31. The van der Waals surface area contributed by atoms with Crippen LogP contribution in [-0.4, -0.2) is 18.0 Å². The van der Waals surface area contributed by atoms with Crippen molar-refractivity contribution in [3.05, 3.63) is 71.8 Å². The minimum Gasteiger partial charge on any atom is -0.292 e. The van der Waals surface area contributed by atoms with Crippen molar-refractivity contribution < 1.29 is 0 Å². The van der Waals surface area contributed by atoms with Gasteiger partial charge in [-0.1, -0.05) is 88.4 Å². The van der Waals surface area contributed by atoms with Gasteiger partial charge >= 0.3 is 0 Å². The predicted octanol–water partition coefficient (Wildman–Crippen LogP) is 6.95. The zero-order valence-corrected chi connectivity index (χ0v) is 17.2. The van der Waals surface area contributed by atoms with Crippen LogP contribution in [0.15, 0.2) is 60.7 Å². The van der Waals surface area contributed by atoms with Crippen LogP contribution in [0, 0.1) is 11.8 Å². The fourth-order valence-corrected chi connectivity index (χ4v) is 3.66. The van der Waals surface area contributed by atoms with Crippen molar-refractivity contribution in [2.75, 3.05) is 13.1 Å². The molecule has 0 spiro atoms. The zero-order valence-electron chi connectivity index (χ0n) is 17.2. The molecule has 1 nitrogen and oxygen atoms in total. The quantitative estimate of drug-likeness (QED) is 0.423. The molecule has 142 valence electrons. The second kappa shape index (κ2) is 11.2. The summed E-state index contributed by atoms with van der Waals surface area (Å²) in [7, 11) is 0. The van der Waals surface area contributed by atoms with E-state index in [4.69, 9.17) is 0 Å². The van der Waals surface area contributed by atoms with Gasteiger partial charge in [-0.15, -0.1) is 0 Å². The van der Waals surface area contributed by atoms with Crippen molar-refractivity contribution in [2.45, 2.75) is 59.4 Å². The number of hydrogen-bond acceptors (Lipinski definition) is 1. The highest BCUT2D eigenvalue weighted by atomic mass is 15.2. The molecule has 0 aromatic heterocycles. The third-order valence-corrected chi connectivity index (χ3v) is 5.05. The monoisotopic (exact) mass is 351 g/mol. The summed E-state index contributed by atoms with van der Waals surface area (Å²) in [5.41, 5.74) is 2.82. The molecule has 2 aromatic rings. The van der Waals surface area contributed by atoms with E-state index in [9.17, 15) is 0 Å². The van der Waals surface area contributed by atoms with E-state index in [1.165, 1.54) is 49.9 Å². The van der Waals surface area contributed by atoms with Gasteiger partial charge in [0.05, 0.1) is 6.04 Å². The summed E-state index contributed by atoms with van der Waals surface area (Å²) >= 11 is 0. The topological polar surface area (TPSA) is 3.24 Å². The predicted molar refractivity (Wildman–Crippen MR) is 114 cm³/mol. The first-order valence-corrected chi connectivity index (χ1v) is 10.4. The van der Waals surface area contributed by atoms with Crippen LogP contribution in [0.4, 0.5) is 0 Å². The first-order chi connectivity index (χ1) is 12.6. The summed E-state index contributed by atoms with van der Waals surface area (Å²) in [4.78, 5) is 2.72. The Kier molecular flexibility index (Phi) is 8.91.